The summed E-state index contributed by atoms with van der Waals surface area (Å²) in [6, 6.07) is 10.1. The molecule has 4 aromatic rings. The van der Waals surface area contributed by atoms with Crippen LogP contribution in [0, 0.1) is 0 Å². The van der Waals surface area contributed by atoms with Gasteiger partial charge in [0.1, 0.15) is 11.1 Å². The summed E-state index contributed by atoms with van der Waals surface area (Å²) in [4.78, 5) is 27.2. The number of nitrogens with zero attached hydrogens (tertiary/aromatic N) is 4. The van der Waals surface area contributed by atoms with Crippen LogP contribution in [-0.2, 0) is 11.8 Å². The first-order valence-electron chi connectivity index (χ1n) is 11.1. The minimum Gasteiger partial charge on any atom is -0.444 e. The number of ether oxygens (including phenoxy) is 1. The van der Waals surface area contributed by atoms with Crippen molar-refractivity contribution >= 4 is 33.7 Å². The van der Waals surface area contributed by atoms with Crippen molar-refractivity contribution in [2.45, 2.75) is 38.8 Å². The Morgan fingerprint density at radius 3 is 2.76 bits per heavy atom. The van der Waals surface area contributed by atoms with Crippen LogP contribution in [0.5, 0.6) is 0 Å². The molecule has 0 saturated carbocycles. The lowest BCUT2D eigenvalue weighted by molar-refractivity contribution is 0.0289. The number of likely N-dealkylation sites (tertiary alicyclic amines) is 1. The van der Waals surface area contributed by atoms with Gasteiger partial charge in [0, 0.05) is 42.8 Å². The van der Waals surface area contributed by atoms with E-state index in [1.165, 1.54) is 0 Å². The zero-order chi connectivity index (χ0) is 23.5. The number of benzene rings is 1. The monoisotopic (exact) mass is 448 g/mol. The number of amides is 1. The number of hydrogen-bond donors (Lipinski definition) is 2. The molecule has 4 heterocycles. The van der Waals surface area contributed by atoms with Crippen LogP contribution in [0.25, 0.3) is 33.1 Å². The van der Waals surface area contributed by atoms with Crippen LogP contribution in [-0.4, -0.2) is 49.0 Å². The molecular formula is C24H28N6O3. The summed E-state index contributed by atoms with van der Waals surface area (Å²) < 4.78 is 9.58. The number of nitrogens with one attached hydrogen (secondary N) is 1. The van der Waals surface area contributed by atoms with Gasteiger partial charge in [-0.15, -0.1) is 0 Å². The molecule has 0 unspecified atom stereocenters. The van der Waals surface area contributed by atoms with Gasteiger partial charge in [0.05, 0.1) is 17.1 Å². The Labute approximate surface area is 190 Å². The summed E-state index contributed by atoms with van der Waals surface area (Å²) in [5, 5.41) is 8.27. The maximum atomic E-state index is 12.9. The predicted octanol–water partition coefficient (Wildman–Crippen LogP) is 3.65. The Balaban J connectivity index is 1.62. The molecule has 3 N–H and O–H groups in total. The molecule has 1 aliphatic heterocycles. The van der Waals surface area contributed by atoms with Crippen LogP contribution < -0.4 is 11.3 Å². The van der Waals surface area contributed by atoms with Crippen LogP contribution in [0.1, 0.15) is 33.2 Å². The number of para-hydroxylation sites is 1. The van der Waals surface area contributed by atoms with Gasteiger partial charge < -0.3 is 24.5 Å². The van der Waals surface area contributed by atoms with E-state index in [9.17, 15) is 9.59 Å². The average Bonchev–Trinajstić information content (AvgIpc) is 3.46. The number of aromatic nitrogens is 4. The fraction of sp³-hybridized carbons (Fsp3) is 0.375. The second kappa shape index (κ2) is 7.40. The third-order valence-electron chi connectivity index (χ3n) is 6.22. The molecule has 0 aliphatic carbocycles. The highest BCUT2D eigenvalue weighted by molar-refractivity contribution is 6.03. The number of nitrogens with two attached hydrogens (primary N) is 1. The van der Waals surface area contributed by atoms with Gasteiger partial charge in [-0.3, -0.25) is 4.79 Å². The second-order valence-electron chi connectivity index (χ2n) is 9.63. The lowest BCUT2D eigenvalue weighted by Crippen LogP contribution is -2.35. The summed E-state index contributed by atoms with van der Waals surface area (Å²) in [5.41, 5.74) is 8.75. The van der Waals surface area contributed by atoms with Crippen LogP contribution in [0.4, 0.5) is 10.6 Å². The van der Waals surface area contributed by atoms with Crippen molar-refractivity contribution in [1.82, 2.24) is 24.2 Å². The zero-order valence-electron chi connectivity index (χ0n) is 19.3. The fourth-order valence-corrected chi connectivity index (χ4v) is 4.73. The summed E-state index contributed by atoms with van der Waals surface area (Å²) in [6.45, 7) is 6.56. The SMILES string of the molecule is Cn1c(-c2cn([C@H]3CCN(C(=O)OC(C)(C)C)C3)c3c(=O)[nH]nc(N)c23)cc2ccccc21. The highest BCUT2D eigenvalue weighted by Crippen LogP contribution is 2.37. The Kier molecular flexibility index (Phi) is 4.73. The molecule has 0 spiro atoms. The molecule has 1 amide bonds. The Hall–Kier alpha value is -3.75. The number of carbonyl (C=O) groups excluding carboxylic acids is 1. The topological polar surface area (TPSA) is 111 Å². The van der Waals surface area contributed by atoms with E-state index in [0.29, 0.717) is 30.4 Å². The van der Waals surface area contributed by atoms with Crippen LogP contribution >= 0.6 is 0 Å². The van der Waals surface area contributed by atoms with E-state index in [1.807, 2.05) is 50.7 Å². The van der Waals surface area contributed by atoms with Crippen molar-refractivity contribution in [3.8, 4) is 11.3 Å². The minimum absolute atomic E-state index is 0.0775. The van der Waals surface area contributed by atoms with E-state index in [2.05, 4.69) is 33.0 Å². The Morgan fingerprint density at radius 1 is 1.27 bits per heavy atom. The van der Waals surface area contributed by atoms with Gasteiger partial charge in [0.25, 0.3) is 5.56 Å². The molecule has 1 fully saturated rings. The number of rotatable bonds is 2. The highest BCUT2D eigenvalue weighted by atomic mass is 16.6. The van der Waals surface area contributed by atoms with Crippen LogP contribution in [0.2, 0.25) is 0 Å². The van der Waals surface area contributed by atoms with Gasteiger partial charge in [-0.05, 0) is 39.3 Å². The number of fused-ring (bicyclic) bond motifs is 2. The first-order valence-corrected chi connectivity index (χ1v) is 11.1. The number of anilines is 1. The Bertz CT molecular complexity index is 1440. The number of nitrogen functional groups attached to an aromatic ring is 1. The van der Waals surface area contributed by atoms with Gasteiger partial charge >= 0.3 is 6.09 Å². The van der Waals surface area contributed by atoms with Crippen molar-refractivity contribution < 1.29 is 9.53 Å². The zero-order valence-corrected chi connectivity index (χ0v) is 19.3. The third kappa shape index (κ3) is 3.53. The Morgan fingerprint density at radius 2 is 2.03 bits per heavy atom. The van der Waals surface area contributed by atoms with Gasteiger partial charge in [-0.25, -0.2) is 9.89 Å². The molecule has 9 heteroatoms. The number of aromatic amines is 1. The molecule has 1 saturated heterocycles. The van der Waals surface area contributed by atoms with Crippen molar-refractivity contribution in [2.75, 3.05) is 18.8 Å². The van der Waals surface area contributed by atoms with E-state index in [1.54, 1.807) is 4.90 Å². The van der Waals surface area contributed by atoms with E-state index >= 15 is 0 Å². The summed E-state index contributed by atoms with van der Waals surface area (Å²) >= 11 is 0. The molecule has 5 rings (SSSR count). The van der Waals surface area contributed by atoms with Crippen LogP contribution in [0.15, 0.2) is 41.3 Å². The molecule has 1 aromatic carbocycles. The highest BCUT2D eigenvalue weighted by Gasteiger charge is 2.33. The lowest BCUT2D eigenvalue weighted by Gasteiger charge is -2.24. The molecular weight excluding hydrogens is 420 g/mol. The fourth-order valence-electron chi connectivity index (χ4n) is 4.73. The molecule has 0 bridgehead atoms. The van der Waals surface area contributed by atoms with Gasteiger partial charge in [0.15, 0.2) is 5.82 Å². The molecule has 1 atom stereocenters. The lowest BCUT2D eigenvalue weighted by atomic mass is 10.1. The number of carbonyl (C=O) groups is 1. The molecule has 0 radical (unpaired) electrons. The van der Waals surface area contributed by atoms with Crippen molar-refractivity contribution in [3.05, 3.63) is 46.9 Å². The summed E-state index contributed by atoms with van der Waals surface area (Å²) in [6.07, 6.45) is 2.33. The number of aryl methyl sites for hydroxylation is 1. The smallest absolute Gasteiger partial charge is 0.410 e. The van der Waals surface area contributed by atoms with Crippen molar-refractivity contribution in [1.29, 1.82) is 0 Å². The van der Waals surface area contributed by atoms with Gasteiger partial charge in [0.2, 0.25) is 0 Å². The van der Waals surface area contributed by atoms with Crippen molar-refractivity contribution in [2.24, 2.45) is 7.05 Å². The third-order valence-corrected chi connectivity index (χ3v) is 6.22. The van der Waals surface area contributed by atoms with Gasteiger partial charge in [-0.2, -0.15) is 5.10 Å². The average molecular weight is 449 g/mol. The number of hydrogen-bond acceptors (Lipinski definition) is 5. The van der Waals surface area contributed by atoms with Crippen molar-refractivity contribution in [3.63, 3.8) is 0 Å². The molecule has 172 valence electrons. The summed E-state index contributed by atoms with van der Waals surface area (Å²) in [5.74, 6) is 0.269. The number of H-pyrrole nitrogens is 1. The summed E-state index contributed by atoms with van der Waals surface area (Å²) in [7, 11) is 2.00. The quantitative estimate of drug-likeness (QED) is 0.486. The standard InChI is InChI=1S/C24H28N6O3/c1-24(2,3)33-23(32)29-10-9-15(12-29)30-13-16(19-20(30)22(31)27-26-21(19)25)18-11-14-7-5-6-8-17(14)28(18)4/h5-8,11,13,15H,9-10,12H2,1-4H3,(H2,25,26)(H,27,31)/t15-/m0/s1. The maximum Gasteiger partial charge on any atom is 0.410 e. The maximum absolute atomic E-state index is 12.9. The predicted molar refractivity (Wildman–Crippen MR) is 128 cm³/mol. The first-order chi connectivity index (χ1) is 15.6. The van der Waals surface area contributed by atoms with Crippen LogP contribution in [0.3, 0.4) is 0 Å². The first kappa shape index (κ1) is 21.1. The van der Waals surface area contributed by atoms with E-state index < -0.39 is 5.60 Å². The molecule has 9 nitrogen and oxygen atoms in total. The normalized spacial score (nSPS) is 16.7. The minimum atomic E-state index is -0.561. The second-order valence-corrected chi connectivity index (χ2v) is 9.63. The van der Waals surface area contributed by atoms with E-state index in [4.69, 9.17) is 10.5 Å². The van der Waals surface area contributed by atoms with E-state index in [0.717, 1.165) is 22.2 Å². The van der Waals surface area contributed by atoms with E-state index in [-0.39, 0.29) is 23.5 Å². The molecule has 33 heavy (non-hydrogen) atoms. The molecule has 3 aromatic heterocycles. The molecule has 1 aliphatic rings. The van der Waals surface area contributed by atoms with Gasteiger partial charge in [-0.1, -0.05) is 18.2 Å². The largest absolute Gasteiger partial charge is 0.444 e.